The second-order valence-electron chi connectivity index (χ2n) is 5.55. The molecule has 1 N–H and O–H groups in total. The Morgan fingerprint density at radius 3 is 2.64 bits per heavy atom. The van der Waals surface area contributed by atoms with E-state index in [4.69, 9.17) is 0 Å². The monoisotopic (exact) mass is 302 g/mol. The van der Waals surface area contributed by atoms with Crippen LogP contribution in [-0.2, 0) is 0 Å². The molecule has 1 aromatic heterocycles. The quantitative estimate of drug-likeness (QED) is 0.785. The minimum absolute atomic E-state index is 0.0589. The summed E-state index contributed by atoms with van der Waals surface area (Å²) in [5.74, 6) is 0.670. The van der Waals surface area contributed by atoms with Crippen LogP contribution in [0, 0.1) is 0 Å². The fourth-order valence-electron chi connectivity index (χ4n) is 2.69. The SMILES string of the molecule is CCN(CC)C(=O)c1cnc(NCCC2=CCCCC2)cn1. The van der Waals surface area contributed by atoms with Gasteiger partial charge >= 0.3 is 0 Å². The van der Waals surface area contributed by atoms with Gasteiger partial charge in [-0.3, -0.25) is 4.79 Å². The van der Waals surface area contributed by atoms with E-state index in [1.165, 1.54) is 25.7 Å². The number of allylic oxidation sites excluding steroid dienone is 1. The molecule has 0 unspecified atom stereocenters. The maximum Gasteiger partial charge on any atom is 0.274 e. The van der Waals surface area contributed by atoms with E-state index in [1.54, 1.807) is 22.9 Å². The first-order valence-electron chi connectivity index (χ1n) is 8.27. The van der Waals surface area contributed by atoms with Gasteiger partial charge in [0.1, 0.15) is 11.5 Å². The van der Waals surface area contributed by atoms with Gasteiger partial charge in [-0.1, -0.05) is 11.6 Å². The highest BCUT2D eigenvalue weighted by atomic mass is 16.2. The Labute approximate surface area is 132 Å². The fraction of sp³-hybridized carbons (Fsp3) is 0.588. The average Bonchev–Trinajstić information content (AvgIpc) is 2.57. The van der Waals surface area contributed by atoms with Crippen molar-refractivity contribution >= 4 is 11.7 Å². The zero-order valence-corrected chi connectivity index (χ0v) is 13.6. The van der Waals surface area contributed by atoms with Crippen molar-refractivity contribution < 1.29 is 4.79 Å². The van der Waals surface area contributed by atoms with Crippen LogP contribution >= 0.6 is 0 Å². The Hall–Kier alpha value is -1.91. The van der Waals surface area contributed by atoms with Gasteiger partial charge in [-0.25, -0.2) is 9.97 Å². The molecule has 0 bridgehead atoms. The number of carbonyl (C=O) groups is 1. The lowest BCUT2D eigenvalue weighted by Gasteiger charge is -2.17. The Morgan fingerprint density at radius 2 is 2.05 bits per heavy atom. The number of amides is 1. The van der Waals surface area contributed by atoms with Crippen molar-refractivity contribution in [3.63, 3.8) is 0 Å². The molecule has 1 aromatic rings. The summed E-state index contributed by atoms with van der Waals surface area (Å²) in [5.41, 5.74) is 1.95. The summed E-state index contributed by atoms with van der Waals surface area (Å²) < 4.78 is 0. The van der Waals surface area contributed by atoms with E-state index in [9.17, 15) is 4.79 Å². The zero-order valence-electron chi connectivity index (χ0n) is 13.6. The number of anilines is 1. The van der Waals surface area contributed by atoms with Crippen LogP contribution in [0.4, 0.5) is 5.82 Å². The molecule has 1 amide bonds. The van der Waals surface area contributed by atoms with Gasteiger partial charge in [0.25, 0.3) is 5.91 Å². The zero-order chi connectivity index (χ0) is 15.8. The van der Waals surface area contributed by atoms with Gasteiger partial charge in [-0.2, -0.15) is 0 Å². The second-order valence-corrected chi connectivity index (χ2v) is 5.55. The minimum atomic E-state index is -0.0589. The lowest BCUT2D eigenvalue weighted by Crippen LogP contribution is -2.31. The van der Waals surface area contributed by atoms with E-state index < -0.39 is 0 Å². The average molecular weight is 302 g/mol. The molecule has 1 heterocycles. The molecule has 0 aromatic carbocycles. The number of hydrogen-bond donors (Lipinski definition) is 1. The van der Waals surface area contributed by atoms with E-state index in [2.05, 4.69) is 21.4 Å². The highest BCUT2D eigenvalue weighted by Crippen LogP contribution is 2.19. The number of nitrogens with one attached hydrogen (secondary N) is 1. The first kappa shape index (κ1) is 16.5. The van der Waals surface area contributed by atoms with Crippen LogP contribution in [0.2, 0.25) is 0 Å². The topological polar surface area (TPSA) is 58.1 Å². The van der Waals surface area contributed by atoms with Gasteiger partial charge in [-0.15, -0.1) is 0 Å². The van der Waals surface area contributed by atoms with Crippen molar-refractivity contribution in [3.8, 4) is 0 Å². The van der Waals surface area contributed by atoms with E-state index >= 15 is 0 Å². The highest BCUT2D eigenvalue weighted by Gasteiger charge is 2.14. The minimum Gasteiger partial charge on any atom is -0.368 e. The summed E-state index contributed by atoms with van der Waals surface area (Å²) >= 11 is 0. The standard InChI is InChI=1S/C17H26N4O/c1-3-21(4-2)17(22)15-12-20-16(13-19-15)18-11-10-14-8-6-5-7-9-14/h8,12-13H,3-7,9-11H2,1-2H3,(H,18,20). The lowest BCUT2D eigenvalue weighted by molar-refractivity contribution is 0.0766. The molecule has 1 aliphatic rings. The van der Waals surface area contributed by atoms with Crippen molar-refractivity contribution in [2.45, 2.75) is 46.0 Å². The van der Waals surface area contributed by atoms with Crippen LogP contribution in [-0.4, -0.2) is 40.4 Å². The third-order valence-corrected chi connectivity index (χ3v) is 4.06. The number of nitrogens with zero attached hydrogens (tertiary/aromatic N) is 3. The largest absolute Gasteiger partial charge is 0.368 e. The van der Waals surface area contributed by atoms with Crippen molar-refractivity contribution in [1.29, 1.82) is 0 Å². The Morgan fingerprint density at radius 1 is 1.23 bits per heavy atom. The summed E-state index contributed by atoms with van der Waals surface area (Å²) in [6, 6.07) is 0. The normalized spacial score (nSPS) is 14.4. The van der Waals surface area contributed by atoms with E-state index in [1.807, 2.05) is 13.8 Å². The van der Waals surface area contributed by atoms with E-state index in [0.717, 1.165) is 18.8 Å². The van der Waals surface area contributed by atoms with Crippen molar-refractivity contribution in [1.82, 2.24) is 14.9 Å². The molecule has 0 atom stereocenters. The smallest absolute Gasteiger partial charge is 0.274 e. The van der Waals surface area contributed by atoms with Crippen LogP contribution in [0.1, 0.15) is 56.4 Å². The van der Waals surface area contributed by atoms with Crippen LogP contribution in [0.15, 0.2) is 24.0 Å². The molecule has 2 rings (SSSR count). The van der Waals surface area contributed by atoms with Crippen LogP contribution in [0.3, 0.4) is 0 Å². The molecular formula is C17H26N4O. The maximum absolute atomic E-state index is 12.1. The van der Waals surface area contributed by atoms with Crippen molar-refractivity contribution in [2.24, 2.45) is 0 Å². The molecule has 5 heteroatoms. The molecule has 0 saturated heterocycles. The Kier molecular flexibility index (Phi) is 6.37. The fourth-order valence-corrected chi connectivity index (χ4v) is 2.69. The summed E-state index contributed by atoms with van der Waals surface area (Å²) in [4.78, 5) is 22.4. The summed E-state index contributed by atoms with van der Waals surface area (Å²) in [6.45, 7) is 6.16. The third-order valence-electron chi connectivity index (χ3n) is 4.06. The van der Waals surface area contributed by atoms with Gasteiger partial charge in [0.15, 0.2) is 0 Å². The molecule has 0 saturated carbocycles. The molecular weight excluding hydrogens is 276 g/mol. The van der Waals surface area contributed by atoms with Crippen LogP contribution < -0.4 is 5.32 Å². The molecule has 120 valence electrons. The molecule has 0 radical (unpaired) electrons. The van der Waals surface area contributed by atoms with Gasteiger partial charge in [0, 0.05) is 19.6 Å². The predicted octanol–water partition coefficient (Wildman–Crippen LogP) is 3.26. The number of hydrogen-bond acceptors (Lipinski definition) is 4. The van der Waals surface area contributed by atoms with Gasteiger partial charge in [-0.05, 0) is 46.0 Å². The van der Waals surface area contributed by atoms with E-state index in [0.29, 0.717) is 18.8 Å². The number of carbonyl (C=O) groups excluding carboxylic acids is 1. The summed E-state index contributed by atoms with van der Waals surface area (Å²) in [6.07, 6.45) is 11.7. The third kappa shape index (κ3) is 4.55. The summed E-state index contributed by atoms with van der Waals surface area (Å²) in [5, 5.41) is 3.28. The first-order valence-corrected chi connectivity index (χ1v) is 8.27. The molecule has 5 nitrogen and oxygen atoms in total. The Balaban J connectivity index is 1.83. The number of aromatic nitrogens is 2. The molecule has 0 fully saturated rings. The van der Waals surface area contributed by atoms with Crippen LogP contribution in [0.5, 0.6) is 0 Å². The van der Waals surface area contributed by atoms with Gasteiger partial charge < -0.3 is 10.2 Å². The molecule has 1 aliphatic carbocycles. The number of rotatable bonds is 7. The molecule has 0 aliphatic heterocycles. The lowest BCUT2D eigenvalue weighted by atomic mass is 9.97. The van der Waals surface area contributed by atoms with Crippen molar-refractivity contribution in [3.05, 3.63) is 29.7 Å². The first-order chi connectivity index (χ1) is 10.7. The van der Waals surface area contributed by atoms with Crippen LogP contribution in [0.25, 0.3) is 0 Å². The predicted molar refractivity (Wildman–Crippen MR) is 88.9 cm³/mol. The molecule has 22 heavy (non-hydrogen) atoms. The maximum atomic E-state index is 12.1. The Bertz CT molecular complexity index is 506. The molecule has 0 spiro atoms. The van der Waals surface area contributed by atoms with Gasteiger partial charge in [0.2, 0.25) is 0 Å². The van der Waals surface area contributed by atoms with Gasteiger partial charge in [0.05, 0.1) is 12.4 Å². The van der Waals surface area contributed by atoms with E-state index in [-0.39, 0.29) is 5.91 Å². The van der Waals surface area contributed by atoms with Crippen molar-refractivity contribution in [2.75, 3.05) is 25.0 Å². The second kappa shape index (κ2) is 8.51. The summed E-state index contributed by atoms with van der Waals surface area (Å²) in [7, 11) is 0. The highest BCUT2D eigenvalue weighted by molar-refractivity contribution is 5.92.